The minimum absolute atomic E-state index is 0.899. The summed E-state index contributed by atoms with van der Waals surface area (Å²) in [7, 11) is 0. The number of fused-ring (bicyclic) bond motifs is 1. The van der Waals surface area contributed by atoms with Gasteiger partial charge in [-0.15, -0.1) is 0 Å². The zero-order valence-corrected chi connectivity index (χ0v) is 12.1. The number of hydrogen-bond acceptors (Lipinski definition) is 1. The SMILES string of the molecule is BrCc1ccc2ccc(Cc3cccnc3)cc2c1. The average molecular weight is 312 g/mol. The molecule has 0 N–H and O–H groups in total. The molecule has 0 saturated carbocycles. The Morgan fingerprint density at radius 1 is 0.842 bits per heavy atom. The highest BCUT2D eigenvalue weighted by atomic mass is 79.9. The van der Waals surface area contributed by atoms with Crippen LogP contribution in [0.4, 0.5) is 0 Å². The Morgan fingerprint density at radius 3 is 2.37 bits per heavy atom. The number of rotatable bonds is 3. The molecule has 0 saturated heterocycles. The highest BCUT2D eigenvalue weighted by Crippen LogP contribution is 2.20. The lowest BCUT2D eigenvalue weighted by atomic mass is 10.0. The van der Waals surface area contributed by atoms with Crippen molar-refractivity contribution >= 4 is 26.7 Å². The van der Waals surface area contributed by atoms with E-state index in [1.807, 2.05) is 18.5 Å². The molecule has 0 atom stereocenters. The maximum Gasteiger partial charge on any atom is 0.0303 e. The molecular formula is C17H14BrN. The number of alkyl halides is 1. The first kappa shape index (κ1) is 12.4. The third-order valence-corrected chi connectivity index (χ3v) is 3.90. The molecule has 2 heteroatoms. The van der Waals surface area contributed by atoms with Gasteiger partial charge in [-0.1, -0.05) is 58.4 Å². The fraction of sp³-hybridized carbons (Fsp3) is 0.118. The lowest BCUT2D eigenvalue weighted by Crippen LogP contribution is -1.89. The van der Waals surface area contributed by atoms with E-state index in [9.17, 15) is 0 Å². The topological polar surface area (TPSA) is 12.9 Å². The summed E-state index contributed by atoms with van der Waals surface area (Å²) in [4.78, 5) is 4.16. The second-order valence-corrected chi connectivity index (χ2v) is 5.25. The van der Waals surface area contributed by atoms with E-state index in [4.69, 9.17) is 0 Å². The van der Waals surface area contributed by atoms with E-state index in [0.29, 0.717) is 0 Å². The first-order valence-corrected chi connectivity index (χ1v) is 7.44. The summed E-state index contributed by atoms with van der Waals surface area (Å²) in [6.07, 6.45) is 4.67. The van der Waals surface area contributed by atoms with E-state index in [-0.39, 0.29) is 0 Å². The molecule has 1 aromatic heterocycles. The number of aromatic nitrogens is 1. The predicted octanol–water partition coefficient (Wildman–Crippen LogP) is 4.72. The predicted molar refractivity (Wildman–Crippen MR) is 83.6 cm³/mol. The Labute approximate surface area is 121 Å². The Morgan fingerprint density at radius 2 is 1.63 bits per heavy atom. The number of benzene rings is 2. The smallest absolute Gasteiger partial charge is 0.0303 e. The van der Waals surface area contributed by atoms with Crippen molar-refractivity contribution in [2.75, 3.05) is 0 Å². The van der Waals surface area contributed by atoms with Crippen LogP contribution in [0.15, 0.2) is 60.9 Å². The van der Waals surface area contributed by atoms with E-state index in [1.165, 1.54) is 27.5 Å². The molecule has 0 aliphatic carbocycles. The minimum atomic E-state index is 0.899. The van der Waals surface area contributed by atoms with Gasteiger partial charge in [0.15, 0.2) is 0 Å². The van der Waals surface area contributed by atoms with E-state index in [2.05, 4.69) is 63.4 Å². The summed E-state index contributed by atoms with van der Waals surface area (Å²) in [5.41, 5.74) is 3.89. The van der Waals surface area contributed by atoms with Crippen LogP contribution in [0.25, 0.3) is 10.8 Å². The van der Waals surface area contributed by atoms with Crippen LogP contribution in [0.2, 0.25) is 0 Å². The monoisotopic (exact) mass is 311 g/mol. The van der Waals surface area contributed by atoms with Gasteiger partial charge in [0.2, 0.25) is 0 Å². The molecule has 1 nitrogen and oxygen atoms in total. The second-order valence-electron chi connectivity index (χ2n) is 4.69. The number of hydrogen-bond donors (Lipinski definition) is 0. The van der Waals surface area contributed by atoms with Crippen molar-refractivity contribution < 1.29 is 0 Å². The first-order chi connectivity index (χ1) is 9.35. The fourth-order valence-electron chi connectivity index (χ4n) is 2.28. The van der Waals surface area contributed by atoms with Crippen molar-refractivity contribution in [1.82, 2.24) is 4.98 Å². The number of nitrogens with zero attached hydrogens (tertiary/aromatic N) is 1. The third kappa shape index (κ3) is 2.85. The van der Waals surface area contributed by atoms with Crippen LogP contribution >= 0.6 is 15.9 Å². The molecular weight excluding hydrogens is 298 g/mol. The van der Waals surface area contributed by atoms with Crippen LogP contribution in [0.1, 0.15) is 16.7 Å². The molecule has 0 spiro atoms. The summed E-state index contributed by atoms with van der Waals surface area (Å²) in [6, 6.07) is 17.4. The molecule has 0 bridgehead atoms. The standard InChI is InChI=1S/C17H14BrN/c18-11-14-4-6-16-5-3-13(9-17(16)10-14)8-15-2-1-7-19-12-15/h1-7,9-10,12H,8,11H2. The largest absolute Gasteiger partial charge is 0.264 e. The molecule has 0 fully saturated rings. The Kier molecular flexibility index (Phi) is 3.60. The molecule has 0 unspecified atom stereocenters. The van der Waals surface area contributed by atoms with E-state index in [0.717, 1.165) is 11.8 Å². The molecule has 0 aliphatic rings. The summed E-state index contributed by atoms with van der Waals surface area (Å²) in [5, 5.41) is 3.49. The average Bonchev–Trinajstić information content (AvgIpc) is 2.47. The minimum Gasteiger partial charge on any atom is -0.264 e. The highest BCUT2D eigenvalue weighted by molar-refractivity contribution is 9.08. The van der Waals surface area contributed by atoms with Crippen molar-refractivity contribution in [3.05, 3.63) is 77.6 Å². The van der Waals surface area contributed by atoms with Crippen LogP contribution in [0, 0.1) is 0 Å². The Hall–Kier alpha value is -1.67. The summed E-state index contributed by atoms with van der Waals surface area (Å²) >= 11 is 3.51. The summed E-state index contributed by atoms with van der Waals surface area (Å²) in [5.74, 6) is 0. The molecule has 94 valence electrons. The summed E-state index contributed by atoms with van der Waals surface area (Å²) < 4.78 is 0. The third-order valence-electron chi connectivity index (χ3n) is 3.25. The lowest BCUT2D eigenvalue weighted by Gasteiger charge is -2.05. The maximum absolute atomic E-state index is 4.16. The fourth-order valence-corrected chi connectivity index (χ4v) is 2.63. The van der Waals surface area contributed by atoms with Gasteiger partial charge in [-0.3, -0.25) is 4.98 Å². The van der Waals surface area contributed by atoms with Crippen molar-refractivity contribution in [1.29, 1.82) is 0 Å². The molecule has 19 heavy (non-hydrogen) atoms. The molecule has 0 amide bonds. The second kappa shape index (κ2) is 5.54. The summed E-state index contributed by atoms with van der Waals surface area (Å²) in [6.45, 7) is 0. The molecule has 3 aromatic rings. The van der Waals surface area contributed by atoms with Gasteiger partial charge in [-0.05, 0) is 39.9 Å². The van der Waals surface area contributed by atoms with E-state index in [1.54, 1.807) is 0 Å². The molecule has 0 radical (unpaired) electrons. The molecule has 2 aromatic carbocycles. The zero-order valence-electron chi connectivity index (χ0n) is 10.5. The van der Waals surface area contributed by atoms with E-state index < -0.39 is 0 Å². The van der Waals surface area contributed by atoms with Gasteiger partial charge in [-0.25, -0.2) is 0 Å². The van der Waals surface area contributed by atoms with Crippen molar-refractivity contribution in [2.45, 2.75) is 11.8 Å². The quantitative estimate of drug-likeness (QED) is 0.638. The normalized spacial score (nSPS) is 10.8. The van der Waals surface area contributed by atoms with Gasteiger partial charge in [0.1, 0.15) is 0 Å². The van der Waals surface area contributed by atoms with Crippen LogP contribution < -0.4 is 0 Å². The highest BCUT2D eigenvalue weighted by Gasteiger charge is 2.00. The van der Waals surface area contributed by atoms with Crippen LogP contribution in [-0.4, -0.2) is 4.98 Å². The van der Waals surface area contributed by atoms with Gasteiger partial charge in [0, 0.05) is 17.7 Å². The van der Waals surface area contributed by atoms with E-state index >= 15 is 0 Å². The maximum atomic E-state index is 4.16. The Bertz CT molecular complexity index is 692. The van der Waals surface area contributed by atoms with Crippen molar-refractivity contribution in [2.24, 2.45) is 0 Å². The van der Waals surface area contributed by atoms with Crippen LogP contribution in [-0.2, 0) is 11.8 Å². The van der Waals surface area contributed by atoms with Gasteiger partial charge in [0.25, 0.3) is 0 Å². The van der Waals surface area contributed by atoms with Crippen molar-refractivity contribution in [3.63, 3.8) is 0 Å². The van der Waals surface area contributed by atoms with Gasteiger partial charge in [0.05, 0.1) is 0 Å². The molecule has 0 aliphatic heterocycles. The Balaban J connectivity index is 1.96. The van der Waals surface area contributed by atoms with Gasteiger partial charge in [-0.2, -0.15) is 0 Å². The molecule has 3 rings (SSSR count). The van der Waals surface area contributed by atoms with Crippen LogP contribution in [0.3, 0.4) is 0 Å². The number of halogens is 1. The van der Waals surface area contributed by atoms with Crippen LogP contribution in [0.5, 0.6) is 0 Å². The zero-order chi connectivity index (χ0) is 13.1. The van der Waals surface area contributed by atoms with Gasteiger partial charge >= 0.3 is 0 Å². The first-order valence-electron chi connectivity index (χ1n) is 6.31. The van der Waals surface area contributed by atoms with Crippen molar-refractivity contribution in [3.8, 4) is 0 Å². The number of pyridine rings is 1. The van der Waals surface area contributed by atoms with Gasteiger partial charge < -0.3 is 0 Å². The lowest BCUT2D eigenvalue weighted by molar-refractivity contribution is 1.15. The molecule has 1 heterocycles.